The maximum absolute atomic E-state index is 12.1. The highest BCUT2D eigenvalue weighted by molar-refractivity contribution is 5.97. The minimum absolute atomic E-state index is 0.0200. The van der Waals surface area contributed by atoms with Crippen molar-refractivity contribution >= 4 is 23.3 Å². The first kappa shape index (κ1) is 18.6. The molecule has 0 aliphatic carbocycles. The van der Waals surface area contributed by atoms with Gasteiger partial charge in [-0.2, -0.15) is 5.26 Å². The van der Waals surface area contributed by atoms with Crippen molar-refractivity contribution in [3.05, 3.63) is 69.3 Å². The number of rotatable bonds is 5. The molecule has 8 heteroatoms. The molecule has 1 N–H and O–H groups in total. The minimum Gasteiger partial charge on any atom is -0.449 e. The summed E-state index contributed by atoms with van der Waals surface area (Å²) < 4.78 is 5.06. The molecule has 0 heterocycles. The smallest absolute Gasteiger partial charge is 0.339 e. The number of ether oxygens (including phenoxy) is 1. The van der Waals surface area contributed by atoms with Gasteiger partial charge in [0.1, 0.15) is 0 Å². The van der Waals surface area contributed by atoms with Gasteiger partial charge < -0.3 is 10.1 Å². The van der Waals surface area contributed by atoms with Crippen LogP contribution >= 0.6 is 0 Å². The lowest BCUT2D eigenvalue weighted by Crippen LogP contribution is -2.30. The standard InChI is InChI=1S/C18H15N3O5/c1-11-6-7-14(9-16(11)21(24)25)18(23)26-12(2)17(22)20-15-5-3-4-13(8-15)10-19/h3-9,12H,1-2H3,(H,20,22). The molecule has 132 valence electrons. The summed E-state index contributed by atoms with van der Waals surface area (Å²) in [5.41, 5.74) is 0.954. The number of aryl methyl sites for hydroxylation is 1. The number of nitrogens with one attached hydrogen (secondary N) is 1. The number of amides is 1. The largest absolute Gasteiger partial charge is 0.449 e. The summed E-state index contributed by atoms with van der Waals surface area (Å²) >= 11 is 0. The third-order valence-corrected chi connectivity index (χ3v) is 3.55. The predicted octanol–water partition coefficient (Wildman–Crippen LogP) is 2.96. The van der Waals surface area contributed by atoms with Crippen molar-refractivity contribution in [3.8, 4) is 6.07 Å². The van der Waals surface area contributed by atoms with E-state index in [-0.39, 0.29) is 11.3 Å². The van der Waals surface area contributed by atoms with Crippen molar-refractivity contribution in [1.82, 2.24) is 0 Å². The second-order valence-corrected chi connectivity index (χ2v) is 5.49. The summed E-state index contributed by atoms with van der Waals surface area (Å²) in [5, 5.41) is 22.3. The molecular formula is C18H15N3O5. The van der Waals surface area contributed by atoms with Gasteiger partial charge in [0.25, 0.3) is 11.6 Å². The fourth-order valence-electron chi connectivity index (χ4n) is 2.13. The first-order valence-electron chi connectivity index (χ1n) is 7.59. The Bertz CT molecular complexity index is 917. The zero-order valence-electron chi connectivity index (χ0n) is 14.1. The van der Waals surface area contributed by atoms with Gasteiger partial charge in [-0.15, -0.1) is 0 Å². The van der Waals surface area contributed by atoms with E-state index in [1.54, 1.807) is 25.1 Å². The summed E-state index contributed by atoms with van der Waals surface area (Å²) in [5.74, 6) is -1.43. The molecule has 0 aliphatic rings. The van der Waals surface area contributed by atoms with Gasteiger partial charge in [-0.1, -0.05) is 12.1 Å². The van der Waals surface area contributed by atoms with E-state index in [2.05, 4.69) is 5.32 Å². The summed E-state index contributed by atoms with van der Waals surface area (Å²) in [4.78, 5) is 34.6. The molecule has 2 aromatic carbocycles. The summed E-state index contributed by atoms with van der Waals surface area (Å²) in [7, 11) is 0. The Hall–Kier alpha value is -3.73. The van der Waals surface area contributed by atoms with Gasteiger partial charge in [0.05, 0.1) is 22.1 Å². The summed E-state index contributed by atoms with van der Waals surface area (Å²) in [6.07, 6.45) is -1.13. The van der Waals surface area contributed by atoms with E-state index < -0.39 is 22.9 Å². The van der Waals surface area contributed by atoms with Crippen LogP contribution in [0.4, 0.5) is 11.4 Å². The Morgan fingerprint density at radius 1 is 1.27 bits per heavy atom. The number of nitro groups is 1. The molecule has 0 aliphatic heterocycles. The fourth-order valence-corrected chi connectivity index (χ4v) is 2.13. The lowest BCUT2D eigenvalue weighted by atomic mass is 10.1. The molecule has 1 unspecified atom stereocenters. The third kappa shape index (κ3) is 4.42. The molecule has 0 saturated heterocycles. The molecule has 0 radical (unpaired) electrons. The Morgan fingerprint density at radius 2 is 2.00 bits per heavy atom. The van der Waals surface area contributed by atoms with Crippen LogP contribution < -0.4 is 5.32 Å². The molecular weight excluding hydrogens is 338 g/mol. The minimum atomic E-state index is -1.13. The van der Waals surface area contributed by atoms with Crippen LogP contribution in [0.5, 0.6) is 0 Å². The van der Waals surface area contributed by atoms with Crippen LogP contribution in [-0.4, -0.2) is 22.9 Å². The van der Waals surface area contributed by atoms with E-state index in [4.69, 9.17) is 10.00 Å². The molecule has 1 atom stereocenters. The van der Waals surface area contributed by atoms with E-state index in [0.717, 1.165) is 6.07 Å². The molecule has 2 rings (SSSR count). The SMILES string of the molecule is Cc1ccc(C(=O)OC(C)C(=O)Nc2cccc(C#N)c2)cc1[N+](=O)[O-]. The molecule has 1 amide bonds. The van der Waals surface area contributed by atoms with Crippen LogP contribution in [0.1, 0.15) is 28.4 Å². The maximum Gasteiger partial charge on any atom is 0.339 e. The van der Waals surface area contributed by atoms with Crippen LogP contribution in [-0.2, 0) is 9.53 Å². The number of benzene rings is 2. The van der Waals surface area contributed by atoms with Crippen molar-refractivity contribution in [2.24, 2.45) is 0 Å². The average molecular weight is 353 g/mol. The fraction of sp³-hybridized carbons (Fsp3) is 0.167. The first-order chi connectivity index (χ1) is 12.3. The number of nitrogens with zero attached hydrogens (tertiary/aromatic N) is 2. The normalized spacial score (nSPS) is 11.1. The van der Waals surface area contributed by atoms with Crippen molar-refractivity contribution in [3.63, 3.8) is 0 Å². The molecule has 0 fully saturated rings. The lowest BCUT2D eigenvalue weighted by molar-refractivity contribution is -0.385. The number of nitriles is 1. The van der Waals surface area contributed by atoms with Gasteiger partial charge in [-0.3, -0.25) is 14.9 Å². The number of esters is 1. The van der Waals surface area contributed by atoms with Crippen molar-refractivity contribution in [2.75, 3.05) is 5.32 Å². The highest BCUT2D eigenvalue weighted by atomic mass is 16.6. The highest BCUT2D eigenvalue weighted by Crippen LogP contribution is 2.20. The molecule has 0 spiro atoms. The van der Waals surface area contributed by atoms with Crippen molar-refractivity contribution in [2.45, 2.75) is 20.0 Å². The highest BCUT2D eigenvalue weighted by Gasteiger charge is 2.21. The molecule has 2 aromatic rings. The topological polar surface area (TPSA) is 122 Å². The Kier molecular flexibility index (Phi) is 5.65. The van der Waals surface area contributed by atoms with Crippen LogP contribution in [0, 0.1) is 28.4 Å². The van der Waals surface area contributed by atoms with Crippen LogP contribution in [0.2, 0.25) is 0 Å². The Labute approximate surface area is 149 Å². The van der Waals surface area contributed by atoms with Crippen LogP contribution in [0.25, 0.3) is 0 Å². The molecule has 0 bridgehead atoms. The first-order valence-corrected chi connectivity index (χ1v) is 7.59. The summed E-state index contributed by atoms with van der Waals surface area (Å²) in [6.45, 7) is 2.93. The van der Waals surface area contributed by atoms with Gasteiger partial charge in [0.15, 0.2) is 6.10 Å². The number of carbonyl (C=O) groups excluding carboxylic acids is 2. The lowest BCUT2D eigenvalue weighted by Gasteiger charge is -2.14. The molecule has 0 aromatic heterocycles. The van der Waals surface area contributed by atoms with Gasteiger partial charge in [-0.05, 0) is 38.1 Å². The van der Waals surface area contributed by atoms with Gasteiger partial charge >= 0.3 is 5.97 Å². The van der Waals surface area contributed by atoms with E-state index in [1.165, 1.54) is 25.1 Å². The monoisotopic (exact) mass is 353 g/mol. The van der Waals surface area contributed by atoms with Gasteiger partial charge in [-0.25, -0.2) is 4.79 Å². The quantitative estimate of drug-likeness (QED) is 0.501. The maximum atomic E-state index is 12.1. The molecule has 26 heavy (non-hydrogen) atoms. The van der Waals surface area contributed by atoms with E-state index in [1.807, 2.05) is 6.07 Å². The van der Waals surface area contributed by atoms with Gasteiger partial charge in [0, 0.05) is 17.3 Å². The molecule has 0 saturated carbocycles. The molecule has 8 nitrogen and oxygen atoms in total. The van der Waals surface area contributed by atoms with Crippen LogP contribution in [0.3, 0.4) is 0 Å². The zero-order chi connectivity index (χ0) is 19.3. The van der Waals surface area contributed by atoms with Crippen LogP contribution in [0.15, 0.2) is 42.5 Å². The second kappa shape index (κ2) is 7.90. The van der Waals surface area contributed by atoms with Crippen molar-refractivity contribution < 1.29 is 19.2 Å². The third-order valence-electron chi connectivity index (χ3n) is 3.55. The predicted molar refractivity (Wildman–Crippen MR) is 92.5 cm³/mol. The van der Waals surface area contributed by atoms with E-state index >= 15 is 0 Å². The summed E-state index contributed by atoms with van der Waals surface area (Å²) in [6, 6.07) is 12.2. The average Bonchev–Trinajstić information content (AvgIpc) is 2.61. The zero-order valence-corrected chi connectivity index (χ0v) is 14.1. The van der Waals surface area contributed by atoms with Gasteiger partial charge in [0.2, 0.25) is 0 Å². The Morgan fingerprint density at radius 3 is 2.65 bits per heavy atom. The van der Waals surface area contributed by atoms with E-state index in [9.17, 15) is 19.7 Å². The van der Waals surface area contributed by atoms with Crippen molar-refractivity contribution in [1.29, 1.82) is 5.26 Å². The number of anilines is 1. The number of nitro benzene ring substituents is 1. The number of hydrogen-bond acceptors (Lipinski definition) is 6. The van der Waals surface area contributed by atoms with E-state index in [0.29, 0.717) is 16.8 Å². The second-order valence-electron chi connectivity index (χ2n) is 5.49. The number of hydrogen-bond donors (Lipinski definition) is 1. The Balaban J connectivity index is 2.06. The number of carbonyl (C=O) groups is 2.